The zero-order chi connectivity index (χ0) is 11.3. The predicted octanol–water partition coefficient (Wildman–Crippen LogP) is 2.19. The summed E-state index contributed by atoms with van der Waals surface area (Å²) in [6.45, 7) is 3.83. The number of carbonyl (C=O) groups is 1. The summed E-state index contributed by atoms with van der Waals surface area (Å²) in [4.78, 5) is 11.8. The van der Waals surface area contributed by atoms with Crippen LogP contribution in [0.5, 0.6) is 0 Å². The Labute approximate surface area is 91.7 Å². The largest absolute Gasteiger partial charge is 0.308 e. The van der Waals surface area contributed by atoms with Crippen LogP contribution in [-0.2, 0) is 11.2 Å². The lowest BCUT2D eigenvalue weighted by atomic mass is 9.94. The van der Waals surface area contributed by atoms with Crippen LogP contribution in [0.25, 0.3) is 0 Å². The molecule has 0 bridgehead atoms. The molecule has 0 aromatic heterocycles. The van der Waals surface area contributed by atoms with E-state index in [1.165, 1.54) is 5.56 Å². The van der Waals surface area contributed by atoms with E-state index in [9.17, 15) is 4.79 Å². The van der Waals surface area contributed by atoms with Gasteiger partial charge in [-0.1, -0.05) is 30.3 Å². The summed E-state index contributed by atoms with van der Waals surface area (Å²) in [6.07, 6.45) is 1.42. The van der Waals surface area contributed by atoms with Crippen molar-refractivity contribution < 1.29 is 4.79 Å². The maximum absolute atomic E-state index is 11.8. The summed E-state index contributed by atoms with van der Waals surface area (Å²) < 4.78 is 0. The zero-order valence-corrected chi connectivity index (χ0v) is 9.71. The van der Waals surface area contributed by atoms with Crippen molar-refractivity contribution in [1.82, 2.24) is 5.32 Å². The molecule has 1 aromatic carbocycles. The van der Waals surface area contributed by atoms with Gasteiger partial charge in [0.25, 0.3) is 0 Å². The van der Waals surface area contributed by atoms with Crippen molar-refractivity contribution in [2.75, 3.05) is 7.05 Å². The highest BCUT2D eigenvalue weighted by Crippen LogP contribution is 2.10. The lowest BCUT2D eigenvalue weighted by Gasteiger charge is -2.22. The second-order valence-electron chi connectivity index (χ2n) is 4.28. The first kappa shape index (κ1) is 11.9. The van der Waals surface area contributed by atoms with Gasteiger partial charge in [0.05, 0.1) is 5.54 Å². The minimum atomic E-state index is -0.408. The van der Waals surface area contributed by atoms with Gasteiger partial charge in [-0.05, 0) is 32.9 Å². The van der Waals surface area contributed by atoms with Crippen molar-refractivity contribution in [3.8, 4) is 0 Å². The van der Waals surface area contributed by atoms with Crippen LogP contribution >= 0.6 is 0 Å². The van der Waals surface area contributed by atoms with E-state index in [1.54, 1.807) is 0 Å². The summed E-state index contributed by atoms with van der Waals surface area (Å²) in [7, 11) is 1.82. The highest BCUT2D eigenvalue weighted by molar-refractivity contribution is 5.87. The van der Waals surface area contributed by atoms with Crippen molar-refractivity contribution in [3.05, 3.63) is 35.9 Å². The second-order valence-corrected chi connectivity index (χ2v) is 4.28. The van der Waals surface area contributed by atoms with Crippen LogP contribution in [0.4, 0.5) is 0 Å². The van der Waals surface area contributed by atoms with Gasteiger partial charge in [0, 0.05) is 6.42 Å². The molecule has 1 aromatic rings. The molecular formula is C13H19NO. The smallest absolute Gasteiger partial charge is 0.152 e. The predicted molar refractivity (Wildman–Crippen MR) is 62.9 cm³/mol. The van der Waals surface area contributed by atoms with Gasteiger partial charge in [-0.2, -0.15) is 0 Å². The van der Waals surface area contributed by atoms with Gasteiger partial charge in [-0.15, -0.1) is 0 Å². The maximum atomic E-state index is 11.8. The van der Waals surface area contributed by atoms with Gasteiger partial charge in [0.1, 0.15) is 0 Å². The van der Waals surface area contributed by atoms with Crippen LogP contribution in [0.2, 0.25) is 0 Å². The maximum Gasteiger partial charge on any atom is 0.152 e. The normalized spacial score (nSPS) is 11.4. The average molecular weight is 205 g/mol. The quantitative estimate of drug-likeness (QED) is 0.798. The minimum Gasteiger partial charge on any atom is -0.308 e. The molecule has 0 aliphatic heterocycles. The standard InChI is InChI=1S/C13H19NO/c1-13(2,14-3)12(15)10-9-11-7-5-4-6-8-11/h4-8,14H,9-10H2,1-3H3. The monoisotopic (exact) mass is 205 g/mol. The minimum absolute atomic E-state index is 0.258. The highest BCUT2D eigenvalue weighted by atomic mass is 16.1. The molecule has 0 saturated heterocycles. The first-order valence-corrected chi connectivity index (χ1v) is 5.32. The Hall–Kier alpha value is -1.15. The number of benzene rings is 1. The van der Waals surface area contributed by atoms with Crippen LogP contribution in [0.3, 0.4) is 0 Å². The molecule has 2 nitrogen and oxygen atoms in total. The molecule has 0 spiro atoms. The van der Waals surface area contributed by atoms with Gasteiger partial charge >= 0.3 is 0 Å². The summed E-state index contributed by atoms with van der Waals surface area (Å²) in [5, 5.41) is 3.03. The number of Topliss-reactive ketones (excluding diaryl/α,β-unsaturated/α-hetero) is 1. The van der Waals surface area contributed by atoms with E-state index in [4.69, 9.17) is 0 Å². The number of ketones is 1. The molecule has 0 heterocycles. The highest BCUT2D eigenvalue weighted by Gasteiger charge is 2.23. The average Bonchev–Trinajstić information content (AvgIpc) is 2.27. The molecule has 0 fully saturated rings. The van der Waals surface area contributed by atoms with Crippen LogP contribution in [0, 0.1) is 0 Å². The molecule has 0 aliphatic carbocycles. The van der Waals surface area contributed by atoms with Crippen molar-refractivity contribution in [3.63, 3.8) is 0 Å². The molecule has 1 N–H and O–H groups in total. The summed E-state index contributed by atoms with van der Waals surface area (Å²) >= 11 is 0. The molecule has 0 amide bonds. The van der Waals surface area contributed by atoms with E-state index in [0.29, 0.717) is 6.42 Å². The Morgan fingerprint density at radius 3 is 2.40 bits per heavy atom. The van der Waals surface area contributed by atoms with Gasteiger partial charge in [-0.25, -0.2) is 0 Å². The Kier molecular flexibility index (Phi) is 4.04. The molecule has 2 heteroatoms. The lowest BCUT2D eigenvalue weighted by molar-refractivity contribution is -0.124. The number of nitrogens with one attached hydrogen (secondary N) is 1. The van der Waals surface area contributed by atoms with Gasteiger partial charge in [0.15, 0.2) is 5.78 Å². The zero-order valence-electron chi connectivity index (χ0n) is 9.71. The molecule has 1 rings (SSSR count). The lowest BCUT2D eigenvalue weighted by Crippen LogP contribution is -2.44. The van der Waals surface area contributed by atoms with Crippen molar-refractivity contribution in [2.24, 2.45) is 0 Å². The Morgan fingerprint density at radius 2 is 1.87 bits per heavy atom. The van der Waals surface area contributed by atoms with E-state index < -0.39 is 5.54 Å². The van der Waals surface area contributed by atoms with E-state index in [0.717, 1.165) is 6.42 Å². The number of rotatable bonds is 5. The van der Waals surface area contributed by atoms with Crippen LogP contribution in [0.1, 0.15) is 25.8 Å². The number of hydrogen-bond acceptors (Lipinski definition) is 2. The molecule has 0 unspecified atom stereocenters. The fourth-order valence-corrected chi connectivity index (χ4v) is 1.35. The SMILES string of the molecule is CNC(C)(C)C(=O)CCc1ccccc1. The number of likely N-dealkylation sites (N-methyl/N-ethyl adjacent to an activating group) is 1. The first-order valence-electron chi connectivity index (χ1n) is 5.32. The number of carbonyl (C=O) groups excluding carboxylic acids is 1. The molecule has 15 heavy (non-hydrogen) atoms. The first-order chi connectivity index (χ1) is 7.06. The third-order valence-corrected chi connectivity index (χ3v) is 2.81. The van der Waals surface area contributed by atoms with Gasteiger partial charge < -0.3 is 5.32 Å². The summed E-state index contributed by atoms with van der Waals surface area (Å²) in [5.41, 5.74) is 0.812. The molecular weight excluding hydrogens is 186 g/mol. The molecule has 0 radical (unpaired) electrons. The fourth-order valence-electron chi connectivity index (χ4n) is 1.35. The third kappa shape index (κ3) is 3.48. The molecule has 82 valence electrons. The number of aryl methyl sites for hydroxylation is 1. The molecule has 0 saturated carbocycles. The van der Waals surface area contributed by atoms with E-state index in [1.807, 2.05) is 39.1 Å². The second kappa shape index (κ2) is 5.08. The van der Waals surface area contributed by atoms with E-state index in [-0.39, 0.29) is 5.78 Å². The molecule has 0 aliphatic rings. The Balaban J connectivity index is 2.48. The summed E-state index contributed by atoms with van der Waals surface area (Å²) in [6, 6.07) is 10.1. The van der Waals surface area contributed by atoms with Crippen LogP contribution < -0.4 is 5.32 Å². The molecule has 0 atom stereocenters. The van der Waals surface area contributed by atoms with E-state index >= 15 is 0 Å². The van der Waals surface area contributed by atoms with Crippen molar-refractivity contribution >= 4 is 5.78 Å². The Bertz CT molecular complexity index is 317. The van der Waals surface area contributed by atoms with Gasteiger partial charge in [-0.3, -0.25) is 4.79 Å². The van der Waals surface area contributed by atoms with Crippen molar-refractivity contribution in [2.45, 2.75) is 32.2 Å². The number of hydrogen-bond donors (Lipinski definition) is 1. The fraction of sp³-hybridized carbons (Fsp3) is 0.462. The van der Waals surface area contributed by atoms with Crippen LogP contribution in [0.15, 0.2) is 30.3 Å². The van der Waals surface area contributed by atoms with Crippen LogP contribution in [-0.4, -0.2) is 18.4 Å². The van der Waals surface area contributed by atoms with Crippen molar-refractivity contribution in [1.29, 1.82) is 0 Å². The van der Waals surface area contributed by atoms with E-state index in [2.05, 4.69) is 17.4 Å². The summed E-state index contributed by atoms with van der Waals surface area (Å²) in [5.74, 6) is 0.258. The third-order valence-electron chi connectivity index (χ3n) is 2.81. The Morgan fingerprint density at radius 1 is 1.27 bits per heavy atom. The topological polar surface area (TPSA) is 29.1 Å². The van der Waals surface area contributed by atoms with Gasteiger partial charge in [0.2, 0.25) is 0 Å².